The predicted octanol–water partition coefficient (Wildman–Crippen LogP) is 1.99. The summed E-state index contributed by atoms with van der Waals surface area (Å²) >= 11 is 0. The molecule has 0 spiro atoms. The van der Waals surface area contributed by atoms with Gasteiger partial charge in [0.15, 0.2) is 0 Å². The Morgan fingerprint density at radius 1 is 1.22 bits per heavy atom. The number of amides is 2. The first-order chi connectivity index (χ1) is 8.63. The molecule has 0 aliphatic heterocycles. The lowest BCUT2D eigenvalue weighted by Crippen LogP contribution is -2.44. The number of hydrogen-bond donors (Lipinski definition) is 2. The second-order valence-corrected chi connectivity index (χ2v) is 5.30. The third-order valence-corrected chi connectivity index (χ3v) is 3.77. The van der Waals surface area contributed by atoms with Crippen LogP contribution >= 0.6 is 0 Å². The van der Waals surface area contributed by atoms with E-state index in [2.05, 4.69) is 10.6 Å². The second kappa shape index (κ2) is 8.11. The Labute approximate surface area is 110 Å². The lowest BCUT2D eigenvalue weighted by Gasteiger charge is -2.22. The number of rotatable bonds is 6. The molecule has 4 heteroatoms. The third kappa shape index (κ3) is 5.52. The van der Waals surface area contributed by atoms with Crippen molar-refractivity contribution in [2.75, 3.05) is 7.05 Å². The average Bonchev–Trinajstić information content (AvgIpc) is 2.37. The van der Waals surface area contributed by atoms with Gasteiger partial charge < -0.3 is 10.6 Å². The van der Waals surface area contributed by atoms with Crippen molar-refractivity contribution >= 4 is 11.8 Å². The van der Waals surface area contributed by atoms with Crippen LogP contribution in [0.5, 0.6) is 0 Å². The van der Waals surface area contributed by atoms with E-state index < -0.39 is 0 Å². The standard InChI is InChI=1S/C14H26N2O2/c1-11(17)16-13(14(18)15-2)10-6-9-12-7-4-3-5-8-12/h12-13H,3-10H2,1-2H3,(H,15,18)(H,16,17). The second-order valence-electron chi connectivity index (χ2n) is 5.30. The fraction of sp³-hybridized carbons (Fsp3) is 0.857. The monoisotopic (exact) mass is 254 g/mol. The number of likely N-dealkylation sites (N-methyl/N-ethyl adjacent to an activating group) is 1. The summed E-state index contributed by atoms with van der Waals surface area (Å²) in [7, 11) is 1.61. The van der Waals surface area contributed by atoms with E-state index in [0.29, 0.717) is 0 Å². The predicted molar refractivity (Wildman–Crippen MR) is 72.1 cm³/mol. The molecule has 1 atom stereocenters. The van der Waals surface area contributed by atoms with E-state index in [4.69, 9.17) is 0 Å². The highest BCUT2D eigenvalue weighted by Gasteiger charge is 2.19. The highest BCUT2D eigenvalue weighted by atomic mass is 16.2. The Morgan fingerprint density at radius 2 is 1.89 bits per heavy atom. The van der Waals surface area contributed by atoms with Crippen molar-refractivity contribution in [3.63, 3.8) is 0 Å². The molecule has 4 nitrogen and oxygen atoms in total. The van der Waals surface area contributed by atoms with E-state index in [1.54, 1.807) is 7.05 Å². The molecule has 1 rings (SSSR count). The van der Waals surface area contributed by atoms with Crippen molar-refractivity contribution in [2.24, 2.45) is 5.92 Å². The van der Waals surface area contributed by atoms with Crippen LogP contribution in [0.3, 0.4) is 0 Å². The molecule has 1 unspecified atom stereocenters. The van der Waals surface area contributed by atoms with Gasteiger partial charge in [-0.1, -0.05) is 44.9 Å². The zero-order valence-electron chi connectivity index (χ0n) is 11.6. The topological polar surface area (TPSA) is 58.2 Å². The van der Waals surface area contributed by atoms with Crippen LogP contribution in [-0.2, 0) is 9.59 Å². The lowest BCUT2D eigenvalue weighted by atomic mass is 9.85. The Kier molecular flexibility index (Phi) is 6.76. The van der Waals surface area contributed by atoms with E-state index >= 15 is 0 Å². The van der Waals surface area contributed by atoms with Gasteiger partial charge in [0.1, 0.15) is 6.04 Å². The minimum absolute atomic E-state index is 0.0890. The van der Waals surface area contributed by atoms with E-state index in [1.165, 1.54) is 45.4 Å². The maximum Gasteiger partial charge on any atom is 0.242 e. The number of carbonyl (C=O) groups excluding carboxylic acids is 2. The molecule has 0 aromatic carbocycles. The van der Waals surface area contributed by atoms with Crippen LogP contribution in [0.1, 0.15) is 58.3 Å². The zero-order chi connectivity index (χ0) is 13.4. The average molecular weight is 254 g/mol. The summed E-state index contributed by atoms with van der Waals surface area (Å²) < 4.78 is 0. The minimum atomic E-state index is -0.365. The van der Waals surface area contributed by atoms with Crippen LogP contribution in [0.25, 0.3) is 0 Å². The number of carbonyl (C=O) groups is 2. The molecule has 1 saturated carbocycles. The first-order valence-corrected chi connectivity index (χ1v) is 7.12. The van der Waals surface area contributed by atoms with Crippen molar-refractivity contribution < 1.29 is 9.59 Å². The molecule has 104 valence electrons. The highest BCUT2D eigenvalue weighted by molar-refractivity contribution is 5.86. The zero-order valence-corrected chi connectivity index (χ0v) is 11.6. The molecule has 0 heterocycles. The first-order valence-electron chi connectivity index (χ1n) is 7.12. The summed E-state index contributed by atoms with van der Waals surface area (Å²) in [4.78, 5) is 22.7. The smallest absolute Gasteiger partial charge is 0.242 e. The van der Waals surface area contributed by atoms with E-state index in [0.717, 1.165) is 18.8 Å². The normalized spacial score (nSPS) is 18.1. The molecular weight excluding hydrogens is 228 g/mol. The van der Waals surface area contributed by atoms with Gasteiger partial charge in [-0.25, -0.2) is 0 Å². The fourth-order valence-corrected chi connectivity index (χ4v) is 2.77. The fourth-order valence-electron chi connectivity index (χ4n) is 2.77. The Balaban J connectivity index is 2.27. The largest absolute Gasteiger partial charge is 0.357 e. The molecule has 2 N–H and O–H groups in total. The van der Waals surface area contributed by atoms with Crippen molar-refractivity contribution in [3.05, 3.63) is 0 Å². The van der Waals surface area contributed by atoms with E-state index in [9.17, 15) is 9.59 Å². The summed E-state index contributed by atoms with van der Waals surface area (Å²) in [6.07, 6.45) is 9.72. The molecule has 0 aromatic rings. The summed E-state index contributed by atoms with van der Waals surface area (Å²) in [5.41, 5.74) is 0. The van der Waals surface area contributed by atoms with E-state index in [1.807, 2.05) is 0 Å². The van der Waals surface area contributed by atoms with Crippen LogP contribution in [0, 0.1) is 5.92 Å². The van der Waals surface area contributed by atoms with Gasteiger partial charge in [-0.2, -0.15) is 0 Å². The molecule has 1 aliphatic carbocycles. The SMILES string of the molecule is CNC(=O)C(CCCC1CCCCC1)NC(C)=O. The summed E-state index contributed by atoms with van der Waals surface area (Å²) in [6, 6.07) is -0.365. The molecule has 0 bridgehead atoms. The Bertz CT molecular complexity index is 273. The summed E-state index contributed by atoms with van der Waals surface area (Å²) in [5, 5.41) is 5.32. The molecule has 1 aliphatic rings. The molecule has 0 radical (unpaired) electrons. The highest BCUT2D eigenvalue weighted by Crippen LogP contribution is 2.27. The minimum Gasteiger partial charge on any atom is -0.357 e. The molecule has 0 aromatic heterocycles. The van der Waals surface area contributed by atoms with Crippen molar-refractivity contribution in [2.45, 2.75) is 64.3 Å². The van der Waals surface area contributed by atoms with Gasteiger partial charge in [-0.3, -0.25) is 9.59 Å². The van der Waals surface area contributed by atoms with Gasteiger partial charge in [-0.15, -0.1) is 0 Å². The lowest BCUT2D eigenvalue weighted by molar-refractivity contribution is -0.127. The van der Waals surface area contributed by atoms with Crippen LogP contribution in [0.2, 0.25) is 0 Å². The quantitative estimate of drug-likeness (QED) is 0.761. The van der Waals surface area contributed by atoms with Crippen LogP contribution < -0.4 is 10.6 Å². The molecule has 1 fully saturated rings. The Hall–Kier alpha value is -1.06. The molecular formula is C14H26N2O2. The number of hydrogen-bond acceptors (Lipinski definition) is 2. The Morgan fingerprint density at radius 3 is 2.44 bits per heavy atom. The molecule has 2 amide bonds. The van der Waals surface area contributed by atoms with Gasteiger partial charge in [0.2, 0.25) is 11.8 Å². The number of nitrogens with one attached hydrogen (secondary N) is 2. The van der Waals surface area contributed by atoms with Crippen LogP contribution in [0.4, 0.5) is 0 Å². The first kappa shape index (κ1) is 15.0. The molecule has 0 saturated heterocycles. The summed E-state index contributed by atoms with van der Waals surface area (Å²) in [5.74, 6) is 0.608. The van der Waals surface area contributed by atoms with Crippen molar-refractivity contribution in [3.8, 4) is 0 Å². The van der Waals surface area contributed by atoms with Crippen LogP contribution in [-0.4, -0.2) is 24.9 Å². The summed E-state index contributed by atoms with van der Waals surface area (Å²) in [6.45, 7) is 1.46. The van der Waals surface area contributed by atoms with Crippen LogP contribution in [0.15, 0.2) is 0 Å². The molecule has 18 heavy (non-hydrogen) atoms. The van der Waals surface area contributed by atoms with Gasteiger partial charge in [0, 0.05) is 14.0 Å². The van der Waals surface area contributed by atoms with Gasteiger partial charge in [0.25, 0.3) is 0 Å². The van der Waals surface area contributed by atoms with E-state index in [-0.39, 0.29) is 17.9 Å². The third-order valence-electron chi connectivity index (χ3n) is 3.77. The maximum atomic E-state index is 11.6. The van der Waals surface area contributed by atoms with Crippen molar-refractivity contribution in [1.29, 1.82) is 0 Å². The van der Waals surface area contributed by atoms with Gasteiger partial charge >= 0.3 is 0 Å². The van der Waals surface area contributed by atoms with Gasteiger partial charge in [0.05, 0.1) is 0 Å². The maximum absolute atomic E-state index is 11.6. The van der Waals surface area contributed by atoms with Gasteiger partial charge in [-0.05, 0) is 12.3 Å². The van der Waals surface area contributed by atoms with Crippen molar-refractivity contribution in [1.82, 2.24) is 10.6 Å².